The molecule has 4 heteroatoms. The fraction of sp³-hybridized carbons (Fsp3) is 0.188. The smallest absolute Gasteiger partial charge is 0.343 e. The van der Waals surface area contributed by atoms with Crippen molar-refractivity contribution in [3.8, 4) is 0 Å². The van der Waals surface area contributed by atoms with Gasteiger partial charge in [0.2, 0.25) is 5.60 Å². The number of aliphatic carboxylic acids is 1. The van der Waals surface area contributed by atoms with E-state index >= 15 is 0 Å². The van der Waals surface area contributed by atoms with Crippen LogP contribution in [-0.2, 0) is 26.8 Å². The van der Waals surface area contributed by atoms with Gasteiger partial charge in [0.1, 0.15) is 6.61 Å². The molecular weight excluding hydrogens is 256 g/mol. The highest BCUT2D eigenvalue weighted by atomic mass is 17.2. The fourth-order valence-electron chi connectivity index (χ4n) is 1.75. The van der Waals surface area contributed by atoms with E-state index in [0.717, 1.165) is 5.56 Å². The Balaban J connectivity index is 2.05. The summed E-state index contributed by atoms with van der Waals surface area (Å²) in [5, 5.41) is 9.38. The van der Waals surface area contributed by atoms with E-state index in [4.69, 9.17) is 9.78 Å². The lowest BCUT2D eigenvalue weighted by molar-refractivity contribution is -0.362. The lowest BCUT2D eigenvalue weighted by Gasteiger charge is -2.24. The third-order valence-corrected chi connectivity index (χ3v) is 3.03. The highest BCUT2D eigenvalue weighted by molar-refractivity contribution is 5.78. The molecule has 0 saturated carbocycles. The number of hydrogen-bond donors (Lipinski definition) is 1. The Morgan fingerprint density at radius 2 is 1.60 bits per heavy atom. The van der Waals surface area contributed by atoms with E-state index in [-0.39, 0.29) is 6.61 Å². The molecule has 0 aliphatic carbocycles. The first-order valence-electron chi connectivity index (χ1n) is 6.26. The molecule has 1 unspecified atom stereocenters. The molecule has 0 heterocycles. The van der Waals surface area contributed by atoms with E-state index in [1.165, 1.54) is 6.92 Å². The minimum Gasteiger partial charge on any atom is -0.479 e. The Kier molecular flexibility index (Phi) is 4.50. The summed E-state index contributed by atoms with van der Waals surface area (Å²) in [7, 11) is 0. The van der Waals surface area contributed by atoms with Crippen LogP contribution in [0.2, 0.25) is 0 Å². The number of carboxylic acid groups (broad SMARTS) is 1. The highest BCUT2D eigenvalue weighted by Crippen LogP contribution is 2.26. The molecule has 0 fully saturated rings. The third kappa shape index (κ3) is 3.23. The molecule has 0 aromatic heterocycles. The minimum atomic E-state index is -1.53. The van der Waals surface area contributed by atoms with Gasteiger partial charge >= 0.3 is 5.97 Å². The molecule has 1 atom stereocenters. The fourth-order valence-corrected chi connectivity index (χ4v) is 1.75. The van der Waals surface area contributed by atoms with Crippen molar-refractivity contribution >= 4 is 5.97 Å². The monoisotopic (exact) mass is 272 g/mol. The number of hydrogen-bond acceptors (Lipinski definition) is 3. The van der Waals surface area contributed by atoms with Crippen LogP contribution in [0.4, 0.5) is 0 Å². The summed E-state index contributed by atoms with van der Waals surface area (Å²) in [5.74, 6) is -1.10. The van der Waals surface area contributed by atoms with Gasteiger partial charge in [-0.2, -0.15) is 0 Å². The van der Waals surface area contributed by atoms with Crippen molar-refractivity contribution in [2.24, 2.45) is 0 Å². The molecule has 0 aliphatic heterocycles. The van der Waals surface area contributed by atoms with Crippen molar-refractivity contribution in [2.45, 2.75) is 19.1 Å². The second-order valence-corrected chi connectivity index (χ2v) is 4.54. The van der Waals surface area contributed by atoms with Crippen LogP contribution in [0.1, 0.15) is 18.1 Å². The molecule has 2 aromatic carbocycles. The average Bonchev–Trinajstić information content (AvgIpc) is 2.49. The summed E-state index contributed by atoms with van der Waals surface area (Å²) in [5.41, 5.74) is -0.0929. The largest absolute Gasteiger partial charge is 0.479 e. The second-order valence-electron chi connectivity index (χ2n) is 4.54. The number of benzene rings is 2. The van der Waals surface area contributed by atoms with Gasteiger partial charge in [-0.15, -0.1) is 0 Å². The summed E-state index contributed by atoms with van der Waals surface area (Å²) in [6.45, 7) is 1.66. The molecule has 0 saturated heterocycles. The van der Waals surface area contributed by atoms with Gasteiger partial charge in [-0.1, -0.05) is 60.7 Å². The predicted molar refractivity (Wildman–Crippen MR) is 73.7 cm³/mol. The Morgan fingerprint density at radius 1 is 1.05 bits per heavy atom. The number of rotatable bonds is 6. The molecule has 0 radical (unpaired) electrons. The van der Waals surface area contributed by atoms with E-state index in [0.29, 0.717) is 5.56 Å². The van der Waals surface area contributed by atoms with Crippen molar-refractivity contribution < 1.29 is 19.7 Å². The first-order chi connectivity index (χ1) is 9.63. The van der Waals surface area contributed by atoms with Crippen molar-refractivity contribution in [2.75, 3.05) is 0 Å². The normalized spacial score (nSPS) is 13.7. The molecule has 0 amide bonds. The van der Waals surface area contributed by atoms with Crippen molar-refractivity contribution in [3.05, 3.63) is 71.8 Å². The van der Waals surface area contributed by atoms with Gasteiger partial charge in [-0.25, -0.2) is 14.6 Å². The van der Waals surface area contributed by atoms with E-state index < -0.39 is 11.6 Å². The maximum Gasteiger partial charge on any atom is 0.343 e. The highest BCUT2D eigenvalue weighted by Gasteiger charge is 2.38. The molecule has 0 aliphatic rings. The lowest BCUT2D eigenvalue weighted by atomic mass is 9.96. The van der Waals surface area contributed by atoms with Crippen LogP contribution in [0.5, 0.6) is 0 Å². The molecule has 20 heavy (non-hydrogen) atoms. The van der Waals surface area contributed by atoms with Crippen LogP contribution in [-0.4, -0.2) is 11.1 Å². The van der Waals surface area contributed by atoms with Crippen molar-refractivity contribution in [1.29, 1.82) is 0 Å². The first-order valence-corrected chi connectivity index (χ1v) is 6.26. The van der Waals surface area contributed by atoms with Gasteiger partial charge in [-0.05, 0) is 18.1 Å². The summed E-state index contributed by atoms with van der Waals surface area (Å²) in [4.78, 5) is 21.8. The summed E-state index contributed by atoms with van der Waals surface area (Å²) in [6.07, 6.45) is 0. The topological polar surface area (TPSA) is 55.8 Å². The molecular formula is C16H16O4. The molecule has 0 bridgehead atoms. The number of carbonyl (C=O) groups is 1. The van der Waals surface area contributed by atoms with Gasteiger partial charge in [-0.3, -0.25) is 0 Å². The Hall–Kier alpha value is -2.17. The molecule has 2 rings (SSSR count). The van der Waals surface area contributed by atoms with Gasteiger partial charge in [0.15, 0.2) is 0 Å². The standard InChI is InChI=1S/C16H16O4/c1-16(15(17)18,14-10-6-3-7-11-14)20-19-12-13-8-4-2-5-9-13/h2-11H,12H2,1H3,(H,17,18). The molecule has 104 valence electrons. The van der Waals surface area contributed by atoms with Gasteiger partial charge in [0.05, 0.1) is 0 Å². The van der Waals surface area contributed by atoms with Crippen LogP contribution in [0.15, 0.2) is 60.7 Å². The zero-order chi connectivity index (χ0) is 14.4. The molecule has 4 nitrogen and oxygen atoms in total. The van der Waals surface area contributed by atoms with Crippen LogP contribution in [0.25, 0.3) is 0 Å². The van der Waals surface area contributed by atoms with Gasteiger partial charge < -0.3 is 5.11 Å². The third-order valence-electron chi connectivity index (χ3n) is 3.03. The lowest BCUT2D eigenvalue weighted by Crippen LogP contribution is -2.35. The van der Waals surface area contributed by atoms with Gasteiger partial charge in [0.25, 0.3) is 0 Å². The minimum absolute atomic E-state index is 0.191. The SMILES string of the molecule is CC(OOCc1ccccc1)(C(=O)O)c1ccccc1. The van der Waals surface area contributed by atoms with Crippen LogP contribution in [0.3, 0.4) is 0 Å². The van der Waals surface area contributed by atoms with E-state index in [2.05, 4.69) is 0 Å². The van der Waals surface area contributed by atoms with Crippen LogP contribution >= 0.6 is 0 Å². The van der Waals surface area contributed by atoms with Gasteiger partial charge in [0, 0.05) is 0 Å². The second kappa shape index (κ2) is 6.32. The first kappa shape index (κ1) is 14.2. The van der Waals surface area contributed by atoms with Crippen molar-refractivity contribution in [1.82, 2.24) is 0 Å². The maximum absolute atomic E-state index is 11.5. The molecule has 0 spiro atoms. The maximum atomic E-state index is 11.5. The average molecular weight is 272 g/mol. The molecule has 1 N–H and O–H groups in total. The predicted octanol–water partition coefficient (Wildman–Crippen LogP) is 3.13. The molecule has 2 aromatic rings. The van der Waals surface area contributed by atoms with E-state index in [1.807, 2.05) is 36.4 Å². The summed E-state index contributed by atoms with van der Waals surface area (Å²) < 4.78 is 0. The van der Waals surface area contributed by atoms with Crippen LogP contribution in [0, 0.1) is 0 Å². The van der Waals surface area contributed by atoms with Crippen molar-refractivity contribution in [3.63, 3.8) is 0 Å². The summed E-state index contributed by atoms with van der Waals surface area (Å²) >= 11 is 0. The number of carboxylic acids is 1. The Morgan fingerprint density at radius 3 is 2.15 bits per heavy atom. The zero-order valence-corrected chi connectivity index (χ0v) is 11.2. The quantitative estimate of drug-likeness (QED) is 0.648. The Bertz CT molecular complexity index is 553. The van der Waals surface area contributed by atoms with E-state index in [1.54, 1.807) is 24.3 Å². The van der Waals surface area contributed by atoms with E-state index in [9.17, 15) is 9.90 Å². The zero-order valence-electron chi connectivity index (χ0n) is 11.2. The van der Waals surface area contributed by atoms with Crippen LogP contribution < -0.4 is 0 Å². The Labute approximate surface area is 117 Å². The summed E-state index contributed by atoms with van der Waals surface area (Å²) in [6, 6.07) is 18.1.